The normalized spacial score (nSPS) is 14.9. The molecule has 1 N–H and O–H groups in total. The van der Waals surface area contributed by atoms with Crippen molar-refractivity contribution in [1.29, 1.82) is 0 Å². The van der Waals surface area contributed by atoms with Crippen molar-refractivity contribution in [2.75, 3.05) is 31.6 Å². The zero-order valence-corrected chi connectivity index (χ0v) is 17.6. The van der Waals surface area contributed by atoms with Gasteiger partial charge >= 0.3 is 0 Å². The number of nitrogens with one attached hydrogen (secondary N) is 1. The zero-order chi connectivity index (χ0) is 20.4. The fourth-order valence-corrected chi connectivity index (χ4v) is 3.91. The van der Waals surface area contributed by atoms with Crippen LogP contribution in [0.4, 0.5) is 5.69 Å². The minimum atomic E-state index is -0.161. The highest BCUT2D eigenvalue weighted by Crippen LogP contribution is 2.31. The van der Waals surface area contributed by atoms with Crippen LogP contribution < -0.4 is 5.32 Å². The lowest BCUT2D eigenvalue weighted by atomic mass is 10.0. The predicted molar refractivity (Wildman–Crippen MR) is 118 cm³/mol. The molecule has 0 atom stereocenters. The lowest BCUT2D eigenvalue weighted by Crippen LogP contribution is -2.35. The average Bonchev–Trinajstić information content (AvgIpc) is 2.69. The van der Waals surface area contributed by atoms with Crippen molar-refractivity contribution < 1.29 is 9.53 Å². The first-order valence-corrected chi connectivity index (χ1v) is 10.2. The van der Waals surface area contributed by atoms with Gasteiger partial charge in [-0.3, -0.25) is 9.69 Å². The van der Waals surface area contributed by atoms with Gasteiger partial charge < -0.3 is 10.1 Å². The molecule has 2 heterocycles. The van der Waals surface area contributed by atoms with Crippen LogP contribution in [0.3, 0.4) is 0 Å². The van der Waals surface area contributed by atoms with E-state index >= 15 is 0 Å². The van der Waals surface area contributed by atoms with Gasteiger partial charge in [0.25, 0.3) is 0 Å². The van der Waals surface area contributed by atoms with Crippen LogP contribution in [-0.2, 0) is 16.1 Å². The molecule has 0 aliphatic carbocycles. The van der Waals surface area contributed by atoms with Crippen molar-refractivity contribution in [1.82, 2.24) is 9.88 Å². The van der Waals surface area contributed by atoms with E-state index in [1.54, 1.807) is 6.07 Å². The van der Waals surface area contributed by atoms with Gasteiger partial charge in [-0.15, -0.1) is 0 Å². The molecule has 2 aromatic carbocycles. The fraction of sp³-hybridized carbons (Fsp3) is 0.273. The van der Waals surface area contributed by atoms with E-state index in [0.29, 0.717) is 15.7 Å². The summed E-state index contributed by atoms with van der Waals surface area (Å²) in [5.41, 5.74) is 4.32. The number of morpholine rings is 1. The number of hydrogen-bond donors (Lipinski definition) is 1. The number of halogens is 2. The number of benzene rings is 2. The molecule has 1 aromatic heterocycles. The van der Waals surface area contributed by atoms with E-state index in [4.69, 9.17) is 32.9 Å². The molecule has 0 radical (unpaired) electrons. The molecule has 4 rings (SSSR count). The lowest BCUT2D eigenvalue weighted by Gasteiger charge is -2.27. The maximum atomic E-state index is 11.3. The summed E-state index contributed by atoms with van der Waals surface area (Å²) < 4.78 is 5.47. The Hall–Kier alpha value is -2.18. The predicted octanol–water partition coefficient (Wildman–Crippen LogP) is 5.00. The number of nitrogens with zero attached hydrogens (tertiary/aromatic N) is 2. The minimum Gasteiger partial charge on any atom is -0.379 e. The number of aromatic nitrogens is 1. The third-order valence-corrected chi connectivity index (χ3v) is 5.48. The first kappa shape index (κ1) is 20.1. The van der Waals surface area contributed by atoms with Gasteiger partial charge in [0.15, 0.2) is 0 Å². The zero-order valence-electron chi connectivity index (χ0n) is 16.0. The van der Waals surface area contributed by atoms with Crippen LogP contribution in [0.5, 0.6) is 0 Å². The van der Waals surface area contributed by atoms with E-state index in [1.807, 2.05) is 30.3 Å². The first-order valence-electron chi connectivity index (χ1n) is 9.46. The molecule has 0 saturated carbocycles. The van der Waals surface area contributed by atoms with Gasteiger partial charge in [-0.25, -0.2) is 4.98 Å². The first-order chi connectivity index (χ1) is 14.0. The molecule has 1 aliphatic heterocycles. The Morgan fingerprint density at radius 1 is 1.14 bits per heavy atom. The van der Waals surface area contributed by atoms with Gasteiger partial charge in [0.1, 0.15) is 0 Å². The molecule has 7 heteroatoms. The Morgan fingerprint density at radius 3 is 2.66 bits per heavy atom. The highest BCUT2D eigenvalue weighted by molar-refractivity contribution is 6.34. The molecular formula is C22H21Cl2N3O2. The standard InChI is InChI=1S/C22H21Cl2N3O2/c1-14(28)25-20-5-2-15(10-19(20)24)21-11-16(13-27-6-8-29-9-7-27)18-4-3-17(23)12-22(18)26-21/h2-5,10-12H,6-9,13H2,1H3,(H,25,28). The number of carbonyl (C=O) groups excluding carboxylic acids is 1. The van der Waals surface area contributed by atoms with E-state index in [-0.39, 0.29) is 5.91 Å². The molecule has 3 aromatic rings. The van der Waals surface area contributed by atoms with Crippen LogP contribution in [-0.4, -0.2) is 42.1 Å². The van der Waals surface area contributed by atoms with Gasteiger partial charge in [0.2, 0.25) is 5.91 Å². The Morgan fingerprint density at radius 2 is 1.93 bits per heavy atom. The van der Waals surface area contributed by atoms with Gasteiger partial charge in [-0.2, -0.15) is 0 Å². The molecule has 5 nitrogen and oxygen atoms in total. The van der Waals surface area contributed by atoms with E-state index < -0.39 is 0 Å². The van der Waals surface area contributed by atoms with Crippen molar-refractivity contribution in [2.24, 2.45) is 0 Å². The average molecular weight is 430 g/mol. The van der Waals surface area contributed by atoms with Crippen LogP contribution >= 0.6 is 23.2 Å². The quantitative estimate of drug-likeness (QED) is 0.633. The summed E-state index contributed by atoms with van der Waals surface area (Å²) in [7, 11) is 0. The van der Waals surface area contributed by atoms with Crippen molar-refractivity contribution in [2.45, 2.75) is 13.5 Å². The third-order valence-electron chi connectivity index (χ3n) is 4.93. The number of ether oxygens (including phenoxy) is 1. The molecule has 29 heavy (non-hydrogen) atoms. The molecule has 1 saturated heterocycles. The van der Waals surface area contributed by atoms with Crippen LogP contribution in [0, 0.1) is 0 Å². The Bertz CT molecular complexity index is 1070. The van der Waals surface area contributed by atoms with E-state index in [9.17, 15) is 4.79 Å². The maximum Gasteiger partial charge on any atom is 0.221 e. The number of hydrogen-bond acceptors (Lipinski definition) is 4. The van der Waals surface area contributed by atoms with Gasteiger partial charge in [-0.05, 0) is 35.9 Å². The fourth-order valence-electron chi connectivity index (χ4n) is 3.52. The smallest absolute Gasteiger partial charge is 0.221 e. The number of amides is 1. The second kappa shape index (κ2) is 8.67. The number of fused-ring (bicyclic) bond motifs is 1. The Balaban J connectivity index is 1.76. The Kier molecular flexibility index (Phi) is 6.01. The molecule has 1 fully saturated rings. The van der Waals surface area contributed by atoms with Crippen molar-refractivity contribution in [3.05, 3.63) is 58.1 Å². The SMILES string of the molecule is CC(=O)Nc1ccc(-c2cc(CN3CCOCC3)c3ccc(Cl)cc3n2)cc1Cl. The molecular weight excluding hydrogens is 409 g/mol. The van der Waals surface area contributed by atoms with E-state index in [2.05, 4.69) is 16.3 Å². The monoisotopic (exact) mass is 429 g/mol. The molecule has 0 unspecified atom stereocenters. The van der Waals surface area contributed by atoms with Crippen molar-refractivity contribution in [3.63, 3.8) is 0 Å². The van der Waals surface area contributed by atoms with Crippen LogP contribution in [0.15, 0.2) is 42.5 Å². The molecule has 1 amide bonds. The summed E-state index contributed by atoms with van der Waals surface area (Å²) in [6.07, 6.45) is 0. The second-order valence-electron chi connectivity index (χ2n) is 7.09. The number of rotatable bonds is 4. The molecule has 0 spiro atoms. The lowest BCUT2D eigenvalue weighted by molar-refractivity contribution is -0.114. The largest absolute Gasteiger partial charge is 0.379 e. The van der Waals surface area contributed by atoms with Gasteiger partial charge in [0, 0.05) is 42.5 Å². The van der Waals surface area contributed by atoms with Crippen molar-refractivity contribution in [3.8, 4) is 11.3 Å². The summed E-state index contributed by atoms with van der Waals surface area (Å²) >= 11 is 12.6. The Labute approximate surface area is 179 Å². The number of carbonyl (C=O) groups is 1. The van der Waals surface area contributed by atoms with E-state index in [1.165, 1.54) is 12.5 Å². The summed E-state index contributed by atoms with van der Waals surface area (Å²) in [5, 5.41) is 4.94. The van der Waals surface area contributed by atoms with Crippen LogP contribution in [0.1, 0.15) is 12.5 Å². The highest BCUT2D eigenvalue weighted by Gasteiger charge is 2.15. The topological polar surface area (TPSA) is 54.5 Å². The molecule has 1 aliphatic rings. The van der Waals surface area contributed by atoms with E-state index in [0.717, 1.165) is 55.0 Å². The van der Waals surface area contributed by atoms with Crippen LogP contribution in [0.25, 0.3) is 22.2 Å². The van der Waals surface area contributed by atoms with Crippen LogP contribution in [0.2, 0.25) is 10.0 Å². The summed E-state index contributed by atoms with van der Waals surface area (Å²) in [4.78, 5) is 18.5. The highest BCUT2D eigenvalue weighted by atomic mass is 35.5. The number of pyridine rings is 1. The van der Waals surface area contributed by atoms with Crippen molar-refractivity contribution >= 4 is 45.7 Å². The second-order valence-corrected chi connectivity index (χ2v) is 7.94. The summed E-state index contributed by atoms with van der Waals surface area (Å²) in [6, 6.07) is 13.4. The van der Waals surface area contributed by atoms with Gasteiger partial charge in [-0.1, -0.05) is 35.3 Å². The molecule has 0 bridgehead atoms. The summed E-state index contributed by atoms with van der Waals surface area (Å²) in [6.45, 7) is 5.59. The van der Waals surface area contributed by atoms with Gasteiger partial charge in [0.05, 0.1) is 35.1 Å². The minimum absolute atomic E-state index is 0.161. The maximum absolute atomic E-state index is 11.3. The third kappa shape index (κ3) is 4.70. The number of anilines is 1. The summed E-state index contributed by atoms with van der Waals surface area (Å²) in [5.74, 6) is -0.161. The molecule has 150 valence electrons.